The molecule has 4 rings (SSSR count). The topological polar surface area (TPSA) is 121 Å². The van der Waals surface area contributed by atoms with E-state index in [0.717, 1.165) is 17.0 Å². The number of furan rings is 1. The number of pyridine rings is 1. The standard InChI is InChI=1S/C16H15N7O/c1-9-5-6-12(24-9)15-22-16(18)21-14-10(8-19-23(14)15)7-11-3-2-4-13(17)20-11/h2-6,8H,7H2,1H3,(H2,17,20)(H2,18,21). The summed E-state index contributed by atoms with van der Waals surface area (Å²) in [5, 5.41) is 4.38. The second kappa shape index (κ2) is 5.34. The van der Waals surface area contributed by atoms with Crippen LogP contribution in [0, 0.1) is 6.92 Å². The average molecular weight is 321 g/mol. The van der Waals surface area contributed by atoms with Gasteiger partial charge in [-0.3, -0.25) is 0 Å². The minimum absolute atomic E-state index is 0.161. The summed E-state index contributed by atoms with van der Waals surface area (Å²) in [5.41, 5.74) is 13.9. The quantitative estimate of drug-likeness (QED) is 0.590. The van der Waals surface area contributed by atoms with Crippen molar-refractivity contribution in [3.8, 4) is 11.6 Å². The summed E-state index contributed by atoms with van der Waals surface area (Å²) in [6.45, 7) is 1.87. The van der Waals surface area contributed by atoms with Gasteiger partial charge in [0.25, 0.3) is 0 Å². The molecule has 0 aliphatic rings. The predicted octanol–water partition coefficient (Wildman–Crippen LogP) is 1.84. The van der Waals surface area contributed by atoms with Crippen LogP contribution in [0.4, 0.5) is 11.8 Å². The van der Waals surface area contributed by atoms with Crippen LogP contribution in [0.3, 0.4) is 0 Å². The van der Waals surface area contributed by atoms with Crippen LogP contribution >= 0.6 is 0 Å². The van der Waals surface area contributed by atoms with Crippen molar-refractivity contribution in [1.29, 1.82) is 0 Å². The van der Waals surface area contributed by atoms with E-state index >= 15 is 0 Å². The number of rotatable bonds is 3. The summed E-state index contributed by atoms with van der Waals surface area (Å²) >= 11 is 0. The van der Waals surface area contributed by atoms with E-state index < -0.39 is 0 Å². The smallest absolute Gasteiger partial charge is 0.224 e. The number of nitrogen functional groups attached to an aromatic ring is 2. The molecule has 0 spiro atoms. The van der Waals surface area contributed by atoms with E-state index in [-0.39, 0.29) is 5.95 Å². The van der Waals surface area contributed by atoms with Crippen LogP contribution in [0.5, 0.6) is 0 Å². The molecule has 4 heterocycles. The van der Waals surface area contributed by atoms with E-state index in [1.54, 1.807) is 16.8 Å². The van der Waals surface area contributed by atoms with Gasteiger partial charge < -0.3 is 15.9 Å². The highest BCUT2D eigenvalue weighted by atomic mass is 16.3. The fraction of sp³-hybridized carbons (Fsp3) is 0.125. The van der Waals surface area contributed by atoms with Crippen molar-refractivity contribution in [2.24, 2.45) is 0 Å². The number of hydrogen-bond donors (Lipinski definition) is 2. The second-order valence-corrected chi connectivity index (χ2v) is 5.45. The number of hydrogen-bond acceptors (Lipinski definition) is 7. The molecule has 24 heavy (non-hydrogen) atoms. The van der Waals surface area contributed by atoms with Crippen LogP contribution in [0.25, 0.3) is 17.2 Å². The van der Waals surface area contributed by atoms with Gasteiger partial charge in [-0.15, -0.1) is 0 Å². The summed E-state index contributed by atoms with van der Waals surface area (Å²) in [6, 6.07) is 9.21. The zero-order valence-corrected chi connectivity index (χ0v) is 13.0. The maximum absolute atomic E-state index is 5.87. The summed E-state index contributed by atoms with van der Waals surface area (Å²) in [5.74, 6) is 2.52. The molecule has 0 aliphatic carbocycles. The van der Waals surface area contributed by atoms with Gasteiger partial charge in [0.05, 0.1) is 6.20 Å². The Labute approximate surface area is 137 Å². The molecular formula is C16H15N7O. The van der Waals surface area contributed by atoms with Crippen molar-refractivity contribution in [1.82, 2.24) is 24.6 Å². The van der Waals surface area contributed by atoms with Crippen molar-refractivity contribution in [3.05, 3.63) is 53.5 Å². The van der Waals surface area contributed by atoms with Gasteiger partial charge in [-0.2, -0.15) is 19.6 Å². The third-order valence-electron chi connectivity index (χ3n) is 3.62. The van der Waals surface area contributed by atoms with Gasteiger partial charge in [0, 0.05) is 17.7 Å². The number of aromatic nitrogens is 5. The monoisotopic (exact) mass is 321 g/mol. The first-order valence-corrected chi connectivity index (χ1v) is 7.38. The maximum Gasteiger partial charge on any atom is 0.224 e. The van der Waals surface area contributed by atoms with E-state index in [1.807, 2.05) is 31.2 Å². The summed E-state index contributed by atoms with van der Waals surface area (Å²) < 4.78 is 7.26. The molecule has 0 aliphatic heterocycles. The van der Waals surface area contributed by atoms with Crippen molar-refractivity contribution in [3.63, 3.8) is 0 Å². The number of aryl methyl sites for hydroxylation is 1. The zero-order valence-electron chi connectivity index (χ0n) is 13.0. The predicted molar refractivity (Wildman–Crippen MR) is 89.1 cm³/mol. The Balaban J connectivity index is 1.83. The molecule has 4 N–H and O–H groups in total. The van der Waals surface area contributed by atoms with E-state index in [1.165, 1.54) is 0 Å². The Morgan fingerprint density at radius 2 is 1.96 bits per heavy atom. The molecule has 4 aromatic rings. The highest BCUT2D eigenvalue weighted by molar-refractivity contribution is 5.59. The van der Waals surface area contributed by atoms with E-state index in [2.05, 4.69) is 20.1 Å². The van der Waals surface area contributed by atoms with Crippen molar-refractivity contribution in [2.45, 2.75) is 13.3 Å². The Kier molecular flexibility index (Phi) is 3.16. The Morgan fingerprint density at radius 1 is 1.08 bits per heavy atom. The molecule has 0 radical (unpaired) electrons. The third kappa shape index (κ3) is 2.43. The van der Waals surface area contributed by atoms with Crippen LogP contribution in [0.1, 0.15) is 17.0 Å². The lowest BCUT2D eigenvalue weighted by molar-refractivity contribution is 0.541. The number of nitrogens with two attached hydrogens (primary N) is 2. The number of anilines is 2. The summed E-state index contributed by atoms with van der Waals surface area (Å²) in [4.78, 5) is 12.9. The van der Waals surface area contributed by atoms with Gasteiger partial charge in [0.2, 0.25) is 11.8 Å². The molecule has 0 atom stereocenters. The summed E-state index contributed by atoms with van der Waals surface area (Å²) in [7, 11) is 0. The fourth-order valence-corrected chi connectivity index (χ4v) is 2.57. The van der Waals surface area contributed by atoms with Crippen LogP contribution < -0.4 is 11.5 Å². The Hall–Kier alpha value is -3.42. The lowest BCUT2D eigenvalue weighted by atomic mass is 10.2. The molecule has 0 aromatic carbocycles. The van der Waals surface area contributed by atoms with Gasteiger partial charge >= 0.3 is 0 Å². The SMILES string of the molecule is Cc1ccc(-c2nc(N)nc3c(Cc4cccc(N)n4)cnn23)o1. The molecular weight excluding hydrogens is 306 g/mol. The largest absolute Gasteiger partial charge is 0.458 e. The minimum Gasteiger partial charge on any atom is -0.458 e. The molecule has 4 aromatic heterocycles. The highest BCUT2D eigenvalue weighted by Crippen LogP contribution is 2.23. The second-order valence-electron chi connectivity index (χ2n) is 5.45. The minimum atomic E-state index is 0.161. The van der Waals surface area contributed by atoms with Crippen molar-refractivity contribution < 1.29 is 4.42 Å². The molecule has 0 amide bonds. The fourth-order valence-electron chi connectivity index (χ4n) is 2.57. The highest BCUT2D eigenvalue weighted by Gasteiger charge is 2.16. The van der Waals surface area contributed by atoms with Crippen LogP contribution in [0.15, 0.2) is 40.9 Å². The molecule has 0 fully saturated rings. The van der Waals surface area contributed by atoms with Gasteiger partial charge in [-0.05, 0) is 31.2 Å². The lowest BCUT2D eigenvalue weighted by Gasteiger charge is -2.04. The first-order valence-electron chi connectivity index (χ1n) is 7.38. The third-order valence-corrected chi connectivity index (χ3v) is 3.62. The lowest BCUT2D eigenvalue weighted by Crippen LogP contribution is -2.05. The average Bonchev–Trinajstić information content (AvgIpc) is 3.14. The number of nitrogens with zero attached hydrogens (tertiary/aromatic N) is 5. The molecule has 0 bridgehead atoms. The molecule has 8 nitrogen and oxygen atoms in total. The van der Waals surface area contributed by atoms with Gasteiger partial charge in [0.15, 0.2) is 11.4 Å². The molecule has 8 heteroatoms. The van der Waals surface area contributed by atoms with Crippen molar-refractivity contribution in [2.75, 3.05) is 11.5 Å². The first kappa shape index (κ1) is 14.2. The van der Waals surface area contributed by atoms with Gasteiger partial charge in [-0.25, -0.2) is 4.98 Å². The van der Waals surface area contributed by atoms with Gasteiger partial charge in [-0.1, -0.05) is 6.07 Å². The summed E-state index contributed by atoms with van der Waals surface area (Å²) in [6.07, 6.45) is 2.27. The van der Waals surface area contributed by atoms with Crippen LogP contribution in [-0.2, 0) is 6.42 Å². The van der Waals surface area contributed by atoms with E-state index in [0.29, 0.717) is 29.5 Å². The molecule has 0 unspecified atom stereocenters. The molecule has 0 saturated carbocycles. The Bertz CT molecular complexity index is 1030. The number of fused-ring (bicyclic) bond motifs is 1. The van der Waals surface area contributed by atoms with E-state index in [9.17, 15) is 0 Å². The first-order chi connectivity index (χ1) is 11.6. The van der Waals surface area contributed by atoms with Crippen molar-refractivity contribution >= 4 is 17.4 Å². The van der Waals surface area contributed by atoms with Crippen LogP contribution in [0.2, 0.25) is 0 Å². The van der Waals surface area contributed by atoms with E-state index in [4.69, 9.17) is 15.9 Å². The molecule has 0 saturated heterocycles. The zero-order chi connectivity index (χ0) is 16.7. The Morgan fingerprint density at radius 3 is 2.71 bits per heavy atom. The van der Waals surface area contributed by atoms with Gasteiger partial charge in [0.1, 0.15) is 11.6 Å². The normalized spacial score (nSPS) is 11.2. The maximum atomic E-state index is 5.87. The molecule has 120 valence electrons. The van der Waals surface area contributed by atoms with Crippen LogP contribution in [-0.4, -0.2) is 24.6 Å².